The van der Waals surface area contributed by atoms with Gasteiger partial charge in [0.15, 0.2) is 12.6 Å². The second-order valence-electron chi connectivity index (χ2n) is 8.47. The van der Waals surface area contributed by atoms with Crippen molar-refractivity contribution < 1.29 is 67.8 Å². The van der Waals surface area contributed by atoms with Gasteiger partial charge in [0.2, 0.25) is 0 Å². The van der Waals surface area contributed by atoms with Crippen LogP contribution in [0.3, 0.4) is 0 Å². The van der Waals surface area contributed by atoms with Crippen molar-refractivity contribution in [1.29, 1.82) is 0 Å². The summed E-state index contributed by atoms with van der Waals surface area (Å²) in [6.45, 7) is 0.493. The zero-order chi connectivity index (χ0) is 25.9. The van der Waals surface area contributed by atoms with Gasteiger partial charge in [-0.15, -0.1) is 0 Å². The molecule has 0 spiro atoms. The Balaban J connectivity index is 1.63. The molecule has 0 saturated carbocycles. The monoisotopic (exact) mass is 528 g/mol. The first-order valence-electron chi connectivity index (χ1n) is 12.1. The number of fused-ring (bicyclic) bond motifs is 2. The highest BCUT2D eigenvalue weighted by Gasteiger charge is 2.48. The van der Waals surface area contributed by atoms with Gasteiger partial charge in [0, 0.05) is 14.2 Å². The van der Waals surface area contributed by atoms with Gasteiger partial charge in [-0.2, -0.15) is 0 Å². The second kappa shape index (κ2) is 15.8. The fraction of sp³-hybridized carbons (Fsp3) is 1.00. The summed E-state index contributed by atoms with van der Waals surface area (Å²) in [6, 6.07) is 0. The predicted molar refractivity (Wildman–Crippen MR) is 118 cm³/mol. The molecule has 0 aliphatic carbocycles. The molecule has 14 heteroatoms. The Morgan fingerprint density at radius 2 is 0.889 bits per heavy atom. The van der Waals surface area contributed by atoms with Crippen LogP contribution in [0.5, 0.6) is 0 Å². The van der Waals surface area contributed by atoms with E-state index >= 15 is 0 Å². The minimum Gasteiger partial charge on any atom is -0.394 e. The molecule has 3 aliphatic heterocycles. The van der Waals surface area contributed by atoms with Gasteiger partial charge in [-0.05, 0) is 0 Å². The Morgan fingerprint density at radius 3 is 1.19 bits per heavy atom. The summed E-state index contributed by atoms with van der Waals surface area (Å²) in [5.41, 5.74) is 0. The van der Waals surface area contributed by atoms with Crippen LogP contribution < -0.4 is 0 Å². The van der Waals surface area contributed by atoms with E-state index in [2.05, 4.69) is 0 Å². The van der Waals surface area contributed by atoms with Crippen LogP contribution in [0.15, 0.2) is 0 Å². The maximum Gasteiger partial charge on any atom is 0.186 e. The molecule has 0 bridgehead atoms. The van der Waals surface area contributed by atoms with E-state index < -0.39 is 74.6 Å². The lowest BCUT2D eigenvalue weighted by Gasteiger charge is -2.43. The second-order valence-corrected chi connectivity index (χ2v) is 8.47. The van der Waals surface area contributed by atoms with E-state index in [0.29, 0.717) is 0 Å². The molecule has 0 aromatic carbocycles. The van der Waals surface area contributed by atoms with Crippen LogP contribution in [0.2, 0.25) is 0 Å². The van der Waals surface area contributed by atoms with Crippen LogP contribution in [0, 0.1) is 0 Å². The lowest BCUT2D eigenvalue weighted by Crippen LogP contribution is -2.61. The van der Waals surface area contributed by atoms with E-state index in [4.69, 9.17) is 47.4 Å². The first-order chi connectivity index (χ1) is 17.5. The van der Waals surface area contributed by atoms with Gasteiger partial charge in [-0.3, -0.25) is 0 Å². The molecule has 0 aromatic heterocycles. The Hall–Kier alpha value is -0.560. The molecule has 3 fully saturated rings. The zero-order valence-corrected chi connectivity index (χ0v) is 20.7. The van der Waals surface area contributed by atoms with Crippen molar-refractivity contribution >= 4 is 0 Å². The van der Waals surface area contributed by atoms with E-state index in [1.165, 1.54) is 14.2 Å². The quantitative estimate of drug-likeness (QED) is 0.291. The first kappa shape index (κ1) is 30.0. The van der Waals surface area contributed by atoms with Crippen LogP contribution >= 0.6 is 0 Å². The molecule has 3 aliphatic rings. The third-order valence-corrected chi connectivity index (χ3v) is 6.21. The molecule has 0 radical (unpaired) electrons. The number of hydrogen-bond donors (Lipinski definition) is 4. The minimum atomic E-state index is -1.14. The van der Waals surface area contributed by atoms with Crippen LogP contribution in [0.25, 0.3) is 0 Å². The van der Waals surface area contributed by atoms with Crippen molar-refractivity contribution in [3.05, 3.63) is 0 Å². The number of hydrogen-bond acceptors (Lipinski definition) is 14. The van der Waals surface area contributed by atoms with Gasteiger partial charge in [0.1, 0.15) is 48.8 Å². The highest BCUT2D eigenvalue weighted by Crippen LogP contribution is 2.28. The van der Waals surface area contributed by atoms with Crippen molar-refractivity contribution in [2.45, 2.75) is 61.4 Å². The van der Waals surface area contributed by atoms with Crippen molar-refractivity contribution in [3.63, 3.8) is 0 Å². The molecule has 3 rings (SSSR count). The Kier molecular flexibility index (Phi) is 13.1. The molecule has 0 unspecified atom stereocenters. The fourth-order valence-corrected chi connectivity index (χ4v) is 4.37. The topological polar surface area (TPSA) is 173 Å². The summed E-state index contributed by atoms with van der Waals surface area (Å²) in [5, 5.41) is 40.4. The van der Waals surface area contributed by atoms with E-state index in [9.17, 15) is 20.4 Å². The third-order valence-electron chi connectivity index (χ3n) is 6.21. The largest absolute Gasteiger partial charge is 0.394 e. The van der Waals surface area contributed by atoms with Crippen LogP contribution in [-0.4, -0.2) is 162 Å². The molecular weight excluding hydrogens is 488 g/mol. The van der Waals surface area contributed by atoms with E-state index in [1.54, 1.807) is 0 Å². The SMILES string of the molecule is CO[C@H]1O[C@@H](CO)[C@@H](O)[C@H]2OCCOCCO[C@H]3[C@@H](OC)O[C@@H](CO)[C@@H](O)[C@H]3OCCOCCO[C@@H]12. The van der Waals surface area contributed by atoms with Crippen molar-refractivity contribution in [2.75, 3.05) is 80.3 Å². The summed E-state index contributed by atoms with van der Waals surface area (Å²) in [6.07, 6.45) is -8.98. The number of rotatable bonds is 4. The van der Waals surface area contributed by atoms with Gasteiger partial charge in [0.25, 0.3) is 0 Å². The summed E-state index contributed by atoms with van der Waals surface area (Å²) in [5.74, 6) is 0. The van der Waals surface area contributed by atoms with Crippen LogP contribution in [0.1, 0.15) is 0 Å². The van der Waals surface area contributed by atoms with Gasteiger partial charge in [-0.1, -0.05) is 0 Å². The molecule has 14 nitrogen and oxygen atoms in total. The molecule has 36 heavy (non-hydrogen) atoms. The average Bonchev–Trinajstić information content (AvgIpc) is 2.89. The number of ether oxygens (including phenoxy) is 10. The van der Waals surface area contributed by atoms with Gasteiger partial charge >= 0.3 is 0 Å². The standard InChI is InChI=1S/C22H40O14/c1-27-21-19-17(15(25)13(11-23)35-21)31-7-3-30-6-10-34-20-18(32-8-4-29-5-9-33-19)16(26)14(12-24)36-22(20)28-2/h13-26H,3-12H2,1-2H3/t13-,14-,15+,16+,17+,18+,19+,20+,21-,22-/m0/s1. The highest BCUT2D eigenvalue weighted by molar-refractivity contribution is 4.92. The normalized spacial score (nSPS) is 42.5. The molecule has 212 valence electrons. The van der Waals surface area contributed by atoms with E-state index in [-0.39, 0.29) is 52.9 Å². The van der Waals surface area contributed by atoms with Gasteiger partial charge < -0.3 is 67.8 Å². The lowest BCUT2D eigenvalue weighted by molar-refractivity contribution is -0.315. The van der Waals surface area contributed by atoms with Crippen LogP contribution in [0.4, 0.5) is 0 Å². The minimum absolute atomic E-state index is 0.128. The Labute approximate surface area is 210 Å². The van der Waals surface area contributed by atoms with Crippen molar-refractivity contribution in [1.82, 2.24) is 0 Å². The number of aliphatic hydroxyl groups is 4. The van der Waals surface area contributed by atoms with Gasteiger partial charge in [-0.25, -0.2) is 0 Å². The lowest BCUT2D eigenvalue weighted by atomic mass is 9.98. The zero-order valence-electron chi connectivity index (χ0n) is 20.7. The first-order valence-corrected chi connectivity index (χ1v) is 12.1. The molecular formula is C22H40O14. The maximum atomic E-state index is 10.6. The summed E-state index contributed by atoms with van der Waals surface area (Å²) in [4.78, 5) is 0. The third kappa shape index (κ3) is 7.74. The summed E-state index contributed by atoms with van der Waals surface area (Å²) in [7, 11) is 2.88. The van der Waals surface area contributed by atoms with Crippen molar-refractivity contribution in [2.24, 2.45) is 0 Å². The van der Waals surface area contributed by atoms with E-state index in [0.717, 1.165) is 0 Å². The average molecular weight is 529 g/mol. The molecule has 10 atom stereocenters. The Bertz CT molecular complexity index is 549. The van der Waals surface area contributed by atoms with E-state index in [1.807, 2.05) is 0 Å². The molecule has 3 saturated heterocycles. The predicted octanol–water partition coefficient (Wildman–Crippen LogP) is -2.98. The molecule has 4 N–H and O–H groups in total. The molecule has 0 aromatic rings. The smallest absolute Gasteiger partial charge is 0.186 e. The van der Waals surface area contributed by atoms with Crippen LogP contribution in [-0.2, 0) is 47.4 Å². The molecule has 3 heterocycles. The number of methoxy groups -OCH3 is 2. The summed E-state index contributed by atoms with van der Waals surface area (Å²) >= 11 is 0. The fourth-order valence-electron chi connectivity index (χ4n) is 4.37. The van der Waals surface area contributed by atoms with Gasteiger partial charge in [0.05, 0.1) is 66.1 Å². The summed E-state index contributed by atoms with van der Waals surface area (Å²) < 4.78 is 56.5. The van der Waals surface area contributed by atoms with Crippen molar-refractivity contribution in [3.8, 4) is 0 Å². The maximum absolute atomic E-state index is 10.6. The molecule has 0 amide bonds. The Morgan fingerprint density at radius 1 is 0.556 bits per heavy atom. The number of aliphatic hydroxyl groups excluding tert-OH is 4. The highest BCUT2D eigenvalue weighted by atomic mass is 16.7.